The van der Waals surface area contributed by atoms with Crippen LogP contribution in [0, 0.1) is 17.3 Å². The first-order chi connectivity index (χ1) is 12.9. The molecule has 3 aliphatic rings. The van der Waals surface area contributed by atoms with Crippen LogP contribution in [-0.2, 0) is 4.79 Å². The van der Waals surface area contributed by atoms with E-state index in [0.717, 1.165) is 36.3 Å². The Labute approximate surface area is 160 Å². The summed E-state index contributed by atoms with van der Waals surface area (Å²) >= 11 is 0. The molecule has 2 fully saturated rings. The fraction of sp³-hybridized carbons (Fsp3) is 0.435. The van der Waals surface area contributed by atoms with Gasteiger partial charge < -0.3 is 15.2 Å². The largest absolute Gasteiger partial charge is 0.493 e. The molecule has 0 bridgehead atoms. The highest BCUT2D eigenvalue weighted by Crippen LogP contribution is 2.53. The molecule has 4 unspecified atom stereocenters. The van der Waals surface area contributed by atoms with Crippen molar-refractivity contribution in [2.45, 2.75) is 38.6 Å². The first-order valence-corrected chi connectivity index (χ1v) is 9.66. The van der Waals surface area contributed by atoms with E-state index in [2.05, 4.69) is 20.1 Å². The van der Waals surface area contributed by atoms with Crippen LogP contribution in [0.3, 0.4) is 0 Å². The third kappa shape index (κ3) is 3.12. The molecule has 1 aromatic rings. The fourth-order valence-corrected chi connectivity index (χ4v) is 4.98. The van der Waals surface area contributed by atoms with Gasteiger partial charge in [-0.25, -0.2) is 0 Å². The molecule has 2 N–H and O–H groups in total. The molecule has 4 atom stereocenters. The second-order valence-electron chi connectivity index (χ2n) is 8.27. The molecule has 1 aliphatic heterocycles. The maximum atomic E-state index is 12.1. The fourth-order valence-electron chi connectivity index (χ4n) is 4.98. The molecule has 0 saturated heterocycles. The van der Waals surface area contributed by atoms with Crippen LogP contribution in [0.25, 0.3) is 6.08 Å². The lowest BCUT2D eigenvalue weighted by Crippen LogP contribution is -2.56. The summed E-state index contributed by atoms with van der Waals surface area (Å²) in [5.41, 5.74) is 8.46. The zero-order valence-electron chi connectivity index (χ0n) is 15.9. The molecule has 4 heteroatoms. The predicted octanol–water partition coefficient (Wildman–Crippen LogP) is 4.26. The molecule has 1 aromatic carbocycles. The van der Waals surface area contributed by atoms with Gasteiger partial charge in [0.25, 0.3) is 0 Å². The van der Waals surface area contributed by atoms with E-state index in [1.54, 1.807) is 0 Å². The standard InChI is InChI=1S/C23H27NO3/c1-14-4-9-18-22(24)20(25)10-11-23(18,3)19(14)13-26-17-8-7-16-6-5-15(2)27-21(16)12-17/h5-8,12,18-19,22H,1-2,4,9-11,13,24H2,3H3. The topological polar surface area (TPSA) is 61.5 Å². The zero-order chi connectivity index (χ0) is 19.2. The summed E-state index contributed by atoms with van der Waals surface area (Å²) in [6, 6.07) is 5.51. The van der Waals surface area contributed by atoms with Crippen molar-refractivity contribution in [2.75, 3.05) is 6.61 Å². The predicted molar refractivity (Wildman–Crippen MR) is 106 cm³/mol. The molecule has 4 rings (SSSR count). The lowest BCUT2D eigenvalue weighted by atomic mass is 9.53. The van der Waals surface area contributed by atoms with E-state index in [0.29, 0.717) is 18.8 Å². The minimum Gasteiger partial charge on any atom is -0.493 e. The molecule has 4 nitrogen and oxygen atoms in total. The number of Topliss-reactive ketones (excluding diaryl/α,β-unsaturated/α-hetero) is 1. The minimum atomic E-state index is -0.353. The van der Waals surface area contributed by atoms with Crippen LogP contribution in [0.4, 0.5) is 0 Å². The second-order valence-corrected chi connectivity index (χ2v) is 8.27. The van der Waals surface area contributed by atoms with Crippen molar-refractivity contribution in [3.63, 3.8) is 0 Å². The van der Waals surface area contributed by atoms with E-state index < -0.39 is 0 Å². The van der Waals surface area contributed by atoms with E-state index in [-0.39, 0.29) is 29.1 Å². The number of hydrogen-bond donors (Lipinski definition) is 1. The van der Waals surface area contributed by atoms with Crippen molar-refractivity contribution < 1.29 is 14.3 Å². The summed E-state index contributed by atoms with van der Waals surface area (Å²) in [4.78, 5) is 12.1. The molecular weight excluding hydrogens is 338 g/mol. The van der Waals surface area contributed by atoms with Gasteiger partial charge in [0.15, 0.2) is 0 Å². The van der Waals surface area contributed by atoms with Crippen LogP contribution in [0.15, 0.2) is 48.8 Å². The molecular formula is C23H27NO3. The minimum absolute atomic E-state index is 0.0373. The molecule has 0 spiro atoms. The molecule has 142 valence electrons. The first kappa shape index (κ1) is 18.1. The van der Waals surface area contributed by atoms with Crippen molar-refractivity contribution >= 4 is 11.9 Å². The van der Waals surface area contributed by atoms with E-state index in [4.69, 9.17) is 15.2 Å². The van der Waals surface area contributed by atoms with E-state index in [9.17, 15) is 4.79 Å². The van der Waals surface area contributed by atoms with Gasteiger partial charge in [0.1, 0.15) is 23.0 Å². The first-order valence-electron chi connectivity index (χ1n) is 9.66. The summed E-state index contributed by atoms with van der Waals surface area (Å²) in [7, 11) is 0. The summed E-state index contributed by atoms with van der Waals surface area (Å²) in [5, 5.41) is 0. The van der Waals surface area contributed by atoms with Gasteiger partial charge in [-0.1, -0.05) is 25.7 Å². The third-order valence-electron chi connectivity index (χ3n) is 6.72. The van der Waals surface area contributed by atoms with Crippen molar-refractivity contribution in [1.82, 2.24) is 0 Å². The molecule has 2 saturated carbocycles. The molecule has 0 amide bonds. The van der Waals surface area contributed by atoms with Gasteiger partial charge in [-0.3, -0.25) is 4.79 Å². The number of carbonyl (C=O) groups excluding carboxylic acids is 1. The number of fused-ring (bicyclic) bond motifs is 2. The number of ketones is 1. The van der Waals surface area contributed by atoms with Crippen LogP contribution in [0.5, 0.6) is 11.5 Å². The average Bonchev–Trinajstić information content (AvgIpc) is 2.64. The molecule has 27 heavy (non-hydrogen) atoms. The highest BCUT2D eigenvalue weighted by atomic mass is 16.5. The van der Waals surface area contributed by atoms with Crippen LogP contribution in [-0.4, -0.2) is 18.4 Å². The lowest BCUT2D eigenvalue weighted by molar-refractivity contribution is -0.130. The number of allylic oxidation sites excluding steroid dienone is 1. The van der Waals surface area contributed by atoms with E-state index in [1.807, 2.05) is 30.4 Å². The highest BCUT2D eigenvalue weighted by molar-refractivity contribution is 5.85. The van der Waals surface area contributed by atoms with Crippen molar-refractivity contribution in [3.8, 4) is 11.5 Å². The smallest absolute Gasteiger partial charge is 0.149 e. The highest BCUT2D eigenvalue weighted by Gasteiger charge is 2.51. The Morgan fingerprint density at radius 3 is 2.93 bits per heavy atom. The van der Waals surface area contributed by atoms with Gasteiger partial charge in [0.2, 0.25) is 0 Å². The number of benzene rings is 1. The molecule has 0 aromatic heterocycles. The number of hydrogen-bond acceptors (Lipinski definition) is 4. The van der Waals surface area contributed by atoms with E-state index >= 15 is 0 Å². The third-order valence-corrected chi connectivity index (χ3v) is 6.72. The molecule has 0 radical (unpaired) electrons. The Bertz CT molecular complexity index is 840. The van der Waals surface area contributed by atoms with E-state index in [1.165, 1.54) is 5.57 Å². The van der Waals surface area contributed by atoms with Gasteiger partial charge >= 0.3 is 0 Å². The maximum Gasteiger partial charge on any atom is 0.149 e. The number of carbonyl (C=O) groups is 1. The Morgan fingerprint density at radius 1 is 1.30 bits per heavy atom. The van der Waals surface area contributed by atoms with Crippen LogP contribution >= 0.6 is 0 Å². The van der Waals surface area contributed by atoms with Crippen LogP contribution < -0.4 is 15.2 Å². The summed E-state index contributed by atoms with van der Waals surface area (Å²) in [5.74, 6) is 2.75. The summed E-state index contributed by atoms with van der Waals surface area (Å²) < 4.78 is 11.9. The SMILES string of the molecule is C=C1C=Cc2ccc(OCC3C(=C)CCC4C(N)C(=O)CCC34C)cc2O1. The number of rotatable bonds is 3. The zero-order valence-corrected chi connectivity index (χ0v) is 15.9. The van der Waals surface area contributed by atoms with Gasteiger partial charge in [-0.2, -0.15) is 0 Å². The van der Waals surface area contributed by atoms with Crippen LogP contribution in [0.2, 0.25) is 0 Å². The van der Waals surface area contributed by atoms with Gasteiger partial charge in [0, 0.05) is 24.0 Å². The summed E-state index contributed by atoms with van der Waals surface area (Å²) in [6.07, 6.45) is 7.10. The number of nitrogens with two attached hydrogens (primary N) is 1. The Morgan fingerprint density at radius 2 is 2.11 bits per heavy atom. The Balaban J connectivity index is 1.52. The maximum absolute atomic E-state index is 12.1. The van der Waals surface area contributed by atoms with Crippen LogP contribution in [0.1, 0.15) is 38.2 Å². The summed E-state index contributed by atoms with van der Waals surface area (Å²) in [6.45, 7) is 11.0. The average molecular weight is 365 g/mol. The quantitative estimate of drug-likeness (QED) is 0.813. The van der Waals surface area contributed by atoms with Gasteiger partial charge in [0.05, 0.1) is 12.6 Å². The van der Waals surface area contributed by atoms with Gasteiger partial charge in [-0.05, 0) is 54.9 Å². The normalized spacial score (nSPS) is 32.5. The van der Waals surface area contributed by atoms with Crippen molar-refractivity contribution in [2.24, 2.45) is 23.0 Å². The number of ether oxygens (including phenoxy) is 2. The monoisotopic (exact) mass is 365 g/mol. The van der Waals surface area contributed by atoms with Gasteiger partial charge in [-0.15, -0.1) is 0 Å². The second kappa shape index (κ2) is 6.68. The molecule has 2 aliphatic carbocycles. The van der Waals surface area contributed by atoms with Crippen molar-refractivity contribution in [1.29, 1.82) is 0 Å². The Hall–Kier alpha value is -2.33. The Kier molecular flexibility index (Phi) is 4.47. The lowest BCUT2D eigenvalue weighted by Gasteiger charge is -2.52. The molecule has 1 heterocycles. The van der Waals surface area contributed by atoms with Crippen molar-refractivity contribution in [3.05, 3.63) is 54.3 Å².